The van der Waals surface area contributed by atoms with E-state index in [9.17, 15) is 4.79 Å². The Bertz CT molecular complexity index is 913. The summed E-state index contributed by atoms with van der Waals surface area (Å²) in [4.78, 5) is 15.3. The molecule has 1 unspecified atom stereocenters. The van der Waals surface area contributed by atoms with Crippen LogP contribution in [0.15, 0.2) is 36.8 Å². The smallest absolute Gasteiger partial charge is 0.258 e. The number of likely N-dealkylation sites (tertiary alicyclic amines) is 1. The Morgan fingerprint density at radius 2 is 2.16 bits per heavy atom. The predicted octanol–water partition coefficient (Wildman–Crippen LogP) is 2.44. The number of rotatable bonds is 3. The Balaban J connectivity index is 1.76. The molecule has 0 bridgehead atoms. The largest absolute Gasteiger partial charge is 0.494 e. The van der Waals surface area contributed by atoms with Gasteiger partial charge in [-0.2, -0.15) is 10.2 Å². The summed E-state index contributed by atoms with van der Waals surface area (Å²) in [6.45, 7) is 0.737. The Kier molecular flexibility index (Phi) is 3.91. The normalized spacial score (nSPS) is 17.8. The molecule has 7 heteroatoms. The van der Waals surface area contributed by atoms with Crippen molar-refractivity contribution in [2.75, 3.05) is 13.7 Å². The summed E-state index contributed by atoms with van der Waals surface area (Å²) in [6.07, 6.45) is 8.30. The van der Waals surface area contributed by atoms with Gasteiger partial charge in [0.2, 0.25) is 0 Å². The average Bonchev–Trinajstić information content (AvgIpc) is 3.27. The highest BCUT2D eigenvalue weighted by atomic mass is 16.5. The molecule has 0 saturated carbocycles. The summed E-state index contributed by atoms with van der Waals surface area (Å²) in [5.41, 5.74) is 2.35. The van der Waals surface area contributed by atoms with Crippen LogP contribution in [-0.2, 0) is 7.05 Å². The van der Waals surface area contributed by atoms with Gasteiger partial charge in [0.05, 0.1) is 30.6 Å². The molecule has 7 nitrogen and oxygen atoms in total. The Hall–Kier alpha value is -2.83. The minimum atomic E-state index is -0.00889. The van der Waals surface area contributed by atoms with Crippen molar-refractivity contribution in [2.24, 2.45) is 7.05 Å². The standard InChI is InChI=1S/C18H21N5O2/c1-21-14(8-9-19-21)15-6-3-4-10-22(15)18(24)13-12-20-23-11-5-7-16(25-2)17(13)23/h5,7-9,11-12,15H,3-4,6,10H2,1-2H3. The number of carbonyl (C=O) groups is 1. The van der Waals surface area contributed by atoms with Crippen molar-refractivity contribution in [3.63, 3.8) is 0 Å². The third-order valence-corrected chi connectivity index (χ3v) is 4.92. The van der Waals surface area contributed by atoms with E-state index in [2.05, 4.69) is 10.2 Å². The Labute approximate surface area is 145 Å². The van der Waals surface area contributed by atoms with Gasteiger partial charge in [0.15, 0.2) is 0 Å². The first-order valence-electron chi connectivity index (χ1n) is 8.50. The van der Waals surface area contributed by atoms with Gasteiger partial charge in [0, 0.05) is 26.0 Å². The number of ether oxygens (including phenoxy) is 1. The van der Waals surface area contributed by atoms with E-state index in [1.165, 1.54) is 0 Å². The zero-order chi connectivity index (χ0) is 17.4. The molecule has 0 aliphatic carbocycles. The van der Waals surface area contributed by atoms with E-state index in [1.54, 1.807) is 24.0 Å². The third-order valence-electron chi connectivity index (χ3n) is 4.92. The minimum Gasteiger partial charge on any atom is -0.494 e. The van der Waals surface area contributed by atoms with Crippen molar-refractivity contribution in [3.8, 4) is 5.75 Å². The van der Waals surface area contributed by atoms with Crippen molar-refractivity contribution >= 4 is 11.4 Å². The van der Waals surface area contributed by atoms with Crippen LogP contribution in [0.1, 0.15) is 41.4 Å². The molecule has 1 atom stereocenters. The number of hydrogen-bond acceptors (Lipinski definition) is 4. The summed E-state index contributed by atoms with van der Waals surface area (Å²) < 4.78 is 8.98. The maximum atomic E-state index is 13.3. The second kappa shape index (κ2) is 6.23. The van der Waals surface area contributed by atoms with E-state index in [1.807, 2.05) is 41.0 Å². The molecule has 1 saturated heterocycles. The molecule has 1 aliphatic rings. The van der Waals surface area contributed by atoms with E-state index in [-0.39, 0.29) is 11.9 Å². The molecule has 0 aromatic carbocycles. The quantitative estimate of drug-likeness (QED) is 0.735. The van der Waals surface area contributed by atoms with Gasteiger partial charge in [-0.3, -0.25) is 9.48 Å². The highest BCUT2D eigenvalue weighted by molar-refractivity contribution is 6.02. The highest BCUT2D eigenvalue weighted by Crippen LogP contribution is 2.33. The lowest BCUT2D eigenvalue weighted by Crippen LogP contribution is -2.39. The first-order valence-corrected chi connectivity index (χ1v) is 8.50. The van der Waals surface area contributed by atoms with Crippen LogP contribution in [0.2, 0.25) is 0 Å². The van der Waals surface area contributed by atoms with Crippen molar-refractivity contribution in [1.82, 2.24) is 24.3 Å². The van der Waals surface area contributed by atoms with Crippen LogP contribution in [0.25, 0.3) is 5.52 Å². The van der Waals surface area contributed by atoms with Crippen LogP contribution >= 0.6 is 0 Å². The van der Waals surface area contributed by atoms with E-state index >= 15 is 0 Å². The molecule has 0 spiro atoms. The van der Waals surface area contributed by atoms with Crippen LogP contribution < -0.4 is 4.74 Å². The van der Waals surface area contributed by atoms with Gasteiger partial charge in [-0.05, 0) is 37.5 Å². The Morgan fingerprint density at radius 3 is 2.92 bits per heavy atom. The van der Waals surface area contributed by atoms with Gasteiger partial charge < -0.3 is 9.64 Å². The van der Waals surface area contributed by atoms with Crippen LogP contribution in [0.5, 0.6) is 5.75 Å². The van der Waals surface area contributed by atoms with E-state index < -0.39 is 0 Å². The number of amides is 1. The number of carbonyl (C=O) groups excluding carboxylic acids is 1. The van der Waals surface area contributed by atoms with Gasteiger partial charge >= 0.3 is 0 Å². The molecule has 25 heavy (non-hydrogen) atoms. The van der Waals surface area contributed by atoms with E-state index in [4.69, 9.17) is 4.74 Å². The van der Waals surface area contributed by atoms with Crippen molar-refractivity contribution in [2.45, 2.75) is 25.3 Å². The van der Waals surface area contributed by atoms with E-state index in [0.29, 0.717) is 16.8 Å². The molecule has 1 fully saturated rings. The van der Waals surface area contributed by atoms with E-state index in [0.717, 1.165) is 31.5 Å². The lowest BCUT2D eigenvalue weighted by Gasteiger charge is -2.35. The number of methoxy groups -OCH3 is 1. The Morgan fingerprint density at radius 1 is 1.28 bits per heavy atom. The average molecular weight is 339 g/mol. The molecule has 1 amide bonds. The molecule has 130 valence electrons. The number of aryl methyl sites for hydroxylation is 1. The zero-order valence-corrected chi connectivity index (χ0v) is 14.4. The van der Waals surface area contributed by atoms with Gasteiger partial charge in [-0.25, -0.2) is 4.52 Å². The first-order chi connectivity index (χ1) is 12.2. The fourth-order valence-electron chi connectivity index (χ4n) is 3.68. The van der Waals surface area contributed by atoms with Gasteiger partial charge in [0.1, 0.15) is 11.3 Å². The SMILES string of the molecule is COc1cccn2ncc(C(=O)N3CCCCC3c3ccnn3C)c12. The van der Waals surface area contributed by atoms with Crippen molar-refractivity contribution in [3.05, 3.63) is 48.0 Å². The second-order valence-corrected chi connectivity index (χ2v) is 6.32. The number of nitrogens with zero attached hydrogens (tertiary/aromatic N) is 5. The van der Waals surface area contributed by atoms with Crippen LogP contribution in [-0.4, -0.2) is 43.9 Å². The molecule has 0 N–H and O–H groups in total. The lowest BCUT2D eigenvalue weighted by atomic mass is 9.98. The topological polar surface area (TPSA) is 64.7 Å². The molecule has 4 heterocycles. The maximum Gasteiger partial charge on any atom is 0.258 e. The maximum absolute atomic E-state index is 13.3. The molecule has 3 aromatic rings. The summed E-state index contributed by atoms with van der Waals surface area (Å²) in [5, 5.41) is 8.59. The summed E-state index contributed by atoms with van der Waals surface area (Å²) >= 11 is 0. The minimum absolute atomic E-state index is 0.00889. The fraction of sp³-hybridized carbons (Fsp3) is 0.389. The number of fused-ring (bicyclic) bond motifs is 1. The molecular formula is C18H21N5O2. The molecule has 1 aliphatic heterocycles. The van der Waals surface area contributed by atoms with Gasteiger partial charge in [-0.1, -0.05) is 0 Å². The summed E-state index contributed by atoms with van der Waals surface area (Å²) in [6, 6.07) is 5.74. The number of aromatic nitrogens is 4. The summed E-state index contributed by atoms with van der Waals surface area (Å²) in [7, 11) is 3.53. The predicted molar refractivity (Wildman–Crippen MR) is 92.6 cm³/mol. The first kappa shape index (κ1) is 15.7. The summed E-state index contributed by atoms with van der Waals surface area (Å²) in [5.74, 6) is 0.642. The van der Waals surface area contributed by atoms with Crippen LogP contribution in [0.3, 0.4) is 0 Å². The van der Waals surface area contributed by atoms with Gasteiger partial charge in [-0.15, -0.1) is 0 Å². The van der Waals surface area contributed by atoms with Crippen molar-refractivity contribution in [1.29, 1.82) is 0 Å². The molecule has 0 radical (unpaired) electrons. The molecule has 4 rings (SSSR count). The number of pyridine rings is 1. The van der Waals surface area contributed by atoms with Gasteiger partial charge in [0.25, 0.3) is 5.91 Å². The number of piperidine rings is 1. The van der Waals surface area contributed by atoms with Crippen LogP contribution in [0, 0.1) is 0 Å². The van der Waals surface area contributed by atoms with Crippen LogP contribution in [0.4, 0.5) is 0 Å². The molecule has 3 aromatic heterocycles. The highest BCUT2D eigenvalue weighted by Gasteiger charge is 2.32. The second-order valence-electron chi connectivity index (χ2n) is 6.32. The fourth-order valence-corrected chi connectivity index (χ4v) is 3.68. The third kappa shape index (κ3) is 2.56. The number of hydrogen-bond donors (Lipinski definition) is 0. The monoisotopic (exact) mass is 339 g/mol. The van der Waals surface area contributed by atoms with Crippen molar-refractivity contribution < 1.29 is 9.53 Å². The lowest BCUT2D eigenvalue weighted by molar-refractivity contribution is 0.0603. The molecular weight excluding hydrogens is 318 g/mol. The zero-order valence-electron chi connectivity index (χ0n) is 14.4.